The van der Waals surface area contributed by atoms with Gasteiger partial charge in [0.2, 0.25) is 15.9 Å². The molecule has 2 aromatic carbocycles. The summed E-state index contributed by atoms with van der Waals surface area (Å²) in [6.45, 7) is 4.10. The van der Waals surface area contributed by atoms with Crippen LogP contribution in [0, 0.1) is 0 Å². The molecule has 2 aromatic rings. The number of likely N-dealkylation sites (tertiary alicyclic amines) is 1. The maximum atomic E-state index is 12.6. The Hall–Kier alpha value is -2.62. The van der Waals surface area contributed by atoms with Gasteiger partial charge in [-0.2, -0.15) is 0 Å². The van der Waals surface area contributed by atoms with E-state index in [0.717, 1.165) is 37.3 Å². The lowest BCUT2D eigenvalue weighted by molar-refractivity contribution is -0.116. The minimum atomic E-state index is -3.77. The van der Waals surface area contributed by atoms with Crippen LogP contribution in [0.3, 0.4) is 0 Å². The molecular formula is C24H31N3O5S. The second kappa shape index (κ2) is 11.0. The fourth-order valence-electron chi connectivity index (χ4n) is 4.04. The number of carbonyl (C=O) groups excluding carboxylic acids is 1. The number of amides is 1. The number of carbonyl (C=O) groups is 1. The van der Waals surface area contributed by atoms with Crippen molar-refractivity contribution in [3.05, 3.63) is 48.0 Å². The van der Waals surface area contributed by atoms with Crippen molar-refractivity contribution in [2.24, 2.45) is 0 Å². The van der Waals surface area contributed by atoms with Gasteiger partial charge in [-0.15, -0.1) is 0 Å². The predicted octanol–water partition coefficient (Wildman–Crippen LogP) is 3.14. The molecule has 0 radical (unpaired) electrons. The van der Waals surface area contributed by atoms with Gasteiger partial charge in [0.25, 0.3) is 0 Å². The molecule has 178 valence electrons. The van der Waals surface area contributed by atoms with Gasteiger partial charge in [0.1, 0.15) is 0 Å². The van der Waals surface area contributed by atoms with Gasteiger partial charge >= 0.3 is 0 Å². The van der Waals surface area contributed by atoms with Crippen molar-refractivity contribution in [1.29, 1.82) is 0 Å². The molecule has 0 unspecified atom stereocenters. The van der Waals surface area contributed by atoms with Crippen molar-refractivity contribution < 1.29 is 22.7 Å². The van der Waals surface area contributed by atoms with Gasteiger partial charge in [0.15, 0.2) is 11.5 Å². The number of hydrogen-bond acceptors (Lipinski definition) is 6. The topological polar surface area (TPSA) is 97.0 Å². The van der Waals surface area contributed by atoms with Crippen LogP contribution in [0.2, 0.25) is 0 Å². The molecule has 1 amide bonds. The van der Waals surface area contributed by atoms with Crippen molar-refractivity contribution in [2.75, 3.05) is 38.2 Å². The zero-order valence-electron chi connectivity index (χ0n) is 18.7. The lowest BCUT2D eigenvalue weighted by atomic mass is 10.1. The van der Waals surface area contributed by atoms with Crippen LogP contribution in [0.15, 0.2) is 47.4 Å². The number of hydrogen-bond donors (Lipinski definition) is 2. The van der Waals surface area contributed by atoms with Gasteiger partial charge in [0, 0.05) is 37.7 Å². The normalized spacial score (nSPS) is 16.7. The van der Waals surface area contributed by atoms with Crippen LogP contribution in [0.5, 0.6) is 11.5 Å². The molecule has 1 saturated heterocycles. The molecular weight excluding hydrogens is 442 g/mol. The van der Waals surface area contributed by atoms with Crippen LogP contribution >= 0.6 is 0 Å². The molecule has 33 heavy (non-hydrogen) atoms. The fraction of sp³-hybridized carbons (Fsp3) is 0.458. The van der Waals surface area contributed by atoms with Crippen LogP contribution in [-0.4, -0.2) is 52.1 Å². The number of fused-ring (bicyclic) bond motifs is 1. The Morgan fingerprint density at radius 1 is 0.939 bits per heavy atom. The Kier molecular flexibility index (Phi) is 7.85. The third-order valence-corrected chi connectivity index (χ3v) is 7.20. The molecule has 0 spiro atoms. The minimum absolute atomic E-state index is 0.00389. The summed E-state index contributed by atoms with van der Waals surface area (Å²) in [4.78, 5) is 14.9. The Morgan fingerprint density at radius 3 is 2.55 bits per heavy atom. The lowest BCUT2D eigenvalue weighted by Gasteiger charge is -2.26. The highest BCUT2D eigenvalue weighted by atomic mass is 32.2. The van der Waals surface area contributed by atoms with E-state index in [9.17, 15) is 13.2 Å². The molecule has 2 N–H and O–H groups in total. The summed E-state index contributed by atoms with van der Waals surface area (Å²) in [7, 11) is -3.77. The first kappa shape index (κ1) is 23.5. The number of piperidine rings is 1. The molecule has 2 heterocycles. The van der Waals surface area contributed by atoms with Crippen LogP contribution < -0.4 is 19.5 Å². The number of benzene rings is 2. The third-order valence-electron chi connectivity index (χ3n) is 5.74. The quantitative estimate of drug-likeness (QED) is 0.611. The highest BCUT2D eigenvalue weighted by Crippen LogP contribution is 2.31. The Bertz CT molecular complexity index is 1070. The summed E-state index contributed by atoms with van der Waals surface area (Å²) in [6.07, 6.45) is 4.54. The van der Waals surface area contributed by atoms with E-state index < -0.39 is 10.0 Å². The molecule has 0 bridgehead atoms. The highest BCUT2D eigenvalue weighted by molar-refractivity contribution is 7.89. The van der Waals surface area contributed by atoms with E-state index in [2.05, 4.69) is 21.0 Å². The Morgan fingerprint density at radius 2 is 1.73 bits per heavy atom. The van der Waals surface area contributed by atoms with Gasteiger partial charge in [-0.25, -0.2) is 13.1 Å². The molecule has 0 atom stereocenters. The van der Waals surface area contributed by atoms with Gasteiger partial charge in [0.05, 0.1) is 18.1 Å². The molecule has 1 fully saturated rings. The van der Waals surface area contributed by atoms with Crippen molar-refractivity contribution in [2.45, 2.75) is 43.5 Å². The number of nitrogens with zero attached hydrogens (tertiary/aromatic N) is 1. The molecule has 2 aliphatic heterocycles. The zero-order chi connectivity index (χ0) is 23.1. The number of ether oxygens (including phenoxy) is 2. The number of nitrogens with one attached hydrogen (secondary N) is 2. The van der Waals surface area contributed by atoms with Crippen LogP contribution in [0.4, 0.5) is 5.69 Å². The van der Waals surface area contributed by atoms with Gasteiger partial charge in [-0.3, -0.25) is 9.69 Å². The highest BCUT2D eigenvalue weighted by Gasteiger charge is 2.19. The SMILES string of the molecule is O=C(CCNS(=O)(=O)c1ccc2c(c1)OCCCO2)Nc1cccc(CN2CCCCC2)c1. The molecule has 0 aliphatic carbocycles. The first-order valence-corrected chi connectivity index (χ1v) is 13.0. The monoisotopic (exact) mass is 473 g/mol. The smallest absolute Gasteiger partial charge is 0.240 e. The summed E-state index contributed by atoms with van der Waals surface area (Å²) in [5.41, 5.74) is 1.88. The largest absolute Gasteiger partial charge is 0.490 e. The summed E-state index contributed by atoms with van der Waals surface area (Å²) in [5.74, 6) is 0.706. The van der Waals surface area contributed by atoms with E-state index in [-0.39, 0.29) is 23.8 Å². The van der Waals surface area contributed by atoms with Crippen molar-refractivity contribution in [3.8, 4) is 11.5 Å². The van der Waals surface area contributed by atoms with Gasteiger partial charge in [-0.1, -0.05) is 18.6 Å². The van der Waals surface area contributed by atoms with Crippen molar-refractivity contribution in [1.82, 2.24) is 9.62 Å². The summed E-state index contributed by atoms with van der Waals surface area (Å²) in [6, 6.07) is 12.4. The first-order chi connectivity index (χ1) is 16.0. The fourth-order valence-corrected chi connectivity index (χ4v) is 5.09. The average Bonchev–Trinajstić information content (AvgIpc) is 3.05. The Labute approximate surface area is 195 Å². The standard InChI is InChI=1S/C24H31N3O5S/c28-24(26-20-7-4-6-19(16-20)18-27-12-2-1-3-13-27)10-11-25-33(29,30)21-8-9-22-23(17-21)32-15-5-14-31-22/h4,6-9,16-17,25H,1-3,5,10-15,18H2,(H,26,28). The summed E-state index contributed by atoms with van der Waals surface area (Å²) < 4.78 is 38.9. The van der Waals surface area contributed by atoms with E-state index in [1.165, 1.54) is 31.4 Å². The number of sulfonamides is 1. The molecule has 4 rings (SSSR count). The molecule has 0 aromatic heterocycles. The second-order valence-corrected chi connectivity index (χ2v) is 10.2. The van der Waals surface area contributed by atoms with E-state index in [1.807, 2.05) is 18.2 Å². The maximum Gasteiger partial charge on any atom is 0.240 e. The summed E-state index contributed by atoms with van der Waals surface area (Å²) in [5, 5.41) is 2.86. The van der Waals surface area contributed by atoms with Crippen LogP contribution in [0.1, 0.15) is 37.7 Å². The molecule has 0 saturated carbocycles. The molecule has 9 heteroatoms. The average molecular weight is 474 g/mol. The van der Waals surface area contributed by atoms with Gasteiger partial charge < -0.3 is 14.8 Å². The van der Waals surface area contributed by atoms with Crippen LogP contribution in [-0.2, 0) is 21.4 Å². The van der Waals surface area contributed by atoms with E-state index in [0.29, 0.717) is 24.7 Å². The third kappa shape index (κ3) is 6.69. The Balaban J connectivity index is 1.27. The minimum Gasteiger partial charge on any atom is -0.490 e. The second-order valence-electron chi connectivity index (χ2n) is 8.39. The van der Waals surface area contributed by atoms with E-state index in [4.69, 9.17) is 9.47 Å². The van der Waals surface area contributed by atoms with Crippen LogP contribution in [0.25, 0.3) is 0 Å². The number of anilines is 1. The lowest BCUT2D eigenvalue weighted by Crippen LogP contribution is -2.29. The summed E-state index contributed by atoms with van der Waals surface area (Å²) >= 11 is 0. The maximum absolute atomic E-state index is 12.6. The van der Waals surface area contributed by atoms with E-state index >= 15 is 0 Å². The predicted molar refractivity (Wildman–Crippen MR) is 126 cm³/mol. The first-order valence-electron chi connectivity index (χ1n) is 11.5. The van der Waals surface area contributed by atoms with Gasteiger partial charge in [-0.05, 0) is 55.8 Å². The van der Waals surface area contributed by atoms with Crippen molar-refractivity contribution in [3.63, 3.8) is 0 Å². The number of rotatable bonds is 8. The molecule has 8 nitrogen and oxygen atoms in total. The van der Waals surface area contributed by atoms with E-state index in [1.54, 1.807) is 6.07 Å². The molecule has 2 aliphatic rings. The zero-order valence-corrected chi connectivity index (χ0v) is 19.5. The van der Waals surface area contributed by atoms with Crippen molar-refractivity contribution >= 4 is 21.6 Å².